The first-order chi connectivity index (χ1) is 5.42. The molecule has 0 saturated carbocycles. The van der Waals surface area contributed by atoms with Gasteiger partial charge in [0.15, 0.2) is 0 Å². The van der Waals surface area contributed by atoms with Gasteiger partial charge in [0.1, 0.15) is 5.52 Å². The number of benzene rings is 1. The molecule has 2 rings (SSSR count). The van der Waals surface area contributed by atoms with Crippen LogP contribution in [0.5, 0.6) is 0 Å². The topological polar surface area (TPSA) is 24.9 Å². The predicted molar refractivity (Wildman–Crippen MR) is 49.2 cm³/mol. The van der Waals surface area contributed by atoms with Crippen molar-refractivity contribution in [2.45, 2.75) is 0 Å². The first-order valence-electron chi connectivity index (χ1n) is 3.42. The van der Waals surface area contributed by atoms with Gasteiger partial charge in [-0.3, -0.25) is 0 Å². The standard InChI is InChI=1S/C8H8N2S/c1-9-6-3-2-4-7-8(6)10-5-11-7/h2-5,9H,1H3. The summed E-state index contributed by atoms with van der Waals surface area (Å²) in [6.45, 7) is 0. The van der Waals surface area contributed by atoms with Crippen LogP contribution in [0.2, 0.25) is 0 Å². The third kappa shape index (κ3) is 0.973. The minimum Gasteiger partial charge on any atom is -0.386 e. The number of aromatic nitrogens is 1. The summed E-state index contributed by atoms with van der Waals surface area (Å²) in [5, 5.41) is 3.10. The van der Waals surface area contributed by atoms with Crippen molar-refractivity contribution in [2.24, 2.45) is 0 Å². The lowest BCUT2D eigenvalue weighted by Crippen LogP contribution is -1.87. The molecular weight excluding hydrogens is 156 g/mol. The van der Waals surface area contributed by atoms with Crippen molar-refractivity contribution in [3.63, 3.8) is 0 Å². The van der Waals surface area contributed by atoms with Gasteiger partial charge in [0.25, 0.3) is 0 Å². The molecule has 2 aromatic rings. The largest absolute Gasteiger partial charge is 0.386 e. The summed E-state index contributed by atoms with van der Waals surface area (Å²) in [5.41, 5.74) is 4.04. The second-order valence-electron chi connectivity index (χ2n) is 2.25. The number of nitrogens with zero attached hydrogens (tertiary/aromatic N) is 1. The third-order valence-corrected chi connectivity index (χ3v) is 2.42. The number of hydrogen-bond donors (Lipinski definition) is 1. The number of rotatable bonds is 1. The molecule has 0 unspecified atom stereocenters. The fourth-order valence-corrected chi connectivity index (χ4v) is 1.79. The Bertz CT molecular complexity index is 367. The van der Waals surface area contributed by atoms with Crippen molar-refractivity contribution in [1.29, 1.82) is 0 Å². The van der Waals surface area contributed by atoms with Gasteiger partial charge in [-0.05, 0) is 12.1 Å². The number of nitrogens with one attached hydrogen (secondary N) is 1. The number of anilines is 1. The molecule has 0 aliphatic rings. The molecule has 0 aliphatic carbocycles. The van der Waals surface area contributed by atoms with E-state index < -0.39 is 0 Å². The molecule has 0 aliphatic heterocycles. The van der Waals surface area contributed by atoms with Crippen LogP contribution in [0.4, 0.5) is 5.69 Å². The second-order valence-corrected chi connectivity index (χ2v) is 3.14. The van der Waals surface area contributed by atoms with E-state index in [0.717, 1.165) is 11.2 Å². The Morgan fingerprint density at radius 1 is 1.45 bits per heavy atom. The van der Waals surface area contributed by atoms with Gasteiger partial charge in [0, 0.05) is 7.05 Å². The summed E-state index contributed by atoms with van der Waals surface area (Å²) < 4.78 is 1.23. The highest BCUT2D eigenvalue weighted by atomic mass is 32.1. The maximum absolute atomic E-state index is 4.25. The second kappa shape index (κ2) is 2.51. The summed E-state index contributed by atoms with van der Waals surface area (Å²) in [7, 11) is 1.91. The van der Waals surface area contributed by atoms with Crippen LogP contribution in [0.25, 0.3) is 10.2 Å². The van der Waals surface area contributed by atoms with Crippen LogP contribution < -0.4 is 5.32 Å². The molecular formula is C8H8N2S. The van der Waals surface area contributed by atoms with E-state index >= 15 is 0 Å². The molecule has 1 aromatic carbocycles. The first-order valence-corrected chi connectivity index (χ1v) is 4.30. The van der Waals surface area contributed by atoms with Gasteiger partial charge in [-0.1, -0.05) is 6.07 Å². The minimum atomic E-state index is 1.07. The van der Waals surface area contributed by atoms with Gasteiger partial charge in [0.05, 0.1) is 15.9 Å². The lowest BCUT2D eigenvalue weighted by molar-refractivity contribution is 1.46. The van der Waals surface area contributed by atoms with Crippen LogP contribution in [0.15, 0.2) is 23.7 Å². The van der Waals surface area contributed by atoms with Crippen LogP contribution in [0.3, 0.4) is 0 Å². The Labute approximate surface area is 68.9 Å². The minimum absolute atomic E-state index is 1.07. The summed E-state index contributed by atoms with van der Waals surface area (Å²) in [4.78, 5) is 4.25. The van der Waals surface area contributed by atoms with E-state index in [9.17, 15) is 0 Å². The Morgan fingerprint density at radius 2 is 2.36 bits per heavy atom. The van der Waals surface area contributed by atoms with Gasteiger partial charge in [-0.15, -0.1) is 11.3 Å². The zero-order valence-corrected chi connectivity index (χ0v) is 6.98. The van der Waals surface area contributed by atoms with Crippen molar-refractivity contribution in [2.75, 3.05) is 12.4 Å². The summed E-state index contributed by atoms with van der Waals surface area (Å²) >= 11 is 1.67. The van der Waals surface area contributed by atoms with Crippen molar-refractivity contribution in [3.05, 3.63) is 23.7 Å². The van der Waals surface area contributed by atoms with Gasteiger partial charge < -0.3 is 5.32 Å². The smallest absolute Gasteiger partial charge is 0.104 e. The van der Waals surface area contributed by atoms with Crippen molar-refractivity contribution >= 4 is 27.2 Å². The Balaban J connectivity index is 2.79. The summed E-state index contributed by atoms with van der Waals surface area (Å²) in [6, 6.07) is 6.14. The number of para-hydroxylation sites is 1. The number of hydrogen-bond acceptors (Lipinski definition) is 3. The van der Waals surface area contributed by atoms with Gasteiger partial charge in [0.2, 0.25) is 0 Å². The fraction of sp³-hybridized carbons (Fsp3) is 0.125. The quantitative estimate of drug-likeness (QED) is 0.699. The predicted octanol–water partition coefficient (Wildman–Crippen LogP) is 2.34. The lowest BCUT2D eigenvalue weighted by atomic mass is 10.3. The van der Waals surface area contributed by atoms with Crippen molar-refractivity contribution < 1.29 is 0 Å². The Hall–Kier alpha value is -1.09. The molecule has 3 heteroatoms. The molecule has 0 amide bonds. The highest BCUT2D eigenvalue weighted by molar-refractivity contribution is 7.16. The number of fused-ring (bicyclic) bond motifs is 1. The van der Waals surface area contributed by atoms with E-state index in [4.69, 9.17) is 0 Å². The molecule has 1 N–H and O–H groups in total. The zero-order valence-electron chi connectivity index (χ0n) is 6.16. The fourth-order valence-electron chi connectivity index (χ4n) is 1.09. The molecule has 0 radical (unpaired) electrons. The van der Waals surface area contributed by atoms with Gasteiger partial charge in [-0.25, -0.2) is 4.98 Å². The molecule has 56 valence electrons. The van der Waals surface area contributed by atoms with Crippen LogP contribution in [0.1, 0.15) is 0 Å². The Morgan fingerprint density at radius 3 is 3.18 bits per heavy atom. The summed E-state index contributed by atoms with van der Waals surface area (Å²) in [6.07, 6.45) is 0. The summed E-state index contributed by atoms with van der Waals surface area (Å²) in [5.74, 6) is 0. The van der Waals surface area contributed by atoms with Gasteiger partial charge >= 0.3 is 0 Å². The van der Waals surface area contributed by atoms with Crippen LogP contribution in [0, 0.1) is 0 Å². The maximum atomic E-state index is 4.25. The molecule has 0 bridgehead atoms. The maximum Gasteiger partial charge on any atom is 0.104 e. The molecule has 0 saturated heterocycles. The zero-order chi connectivity index (χ0) is 7.68. The number of thiazole rings is 1. The van der Waals surface area contributed by atoms with E-state index in [0.29, 0.717) is 0 Å². The third-order valence-electron chi connectivity index (χ3n) is 1.63. The van der Waals surface area contributed by atoms with Crippen molar-refractivity contribution in [3.8, 4) is 0 Å². The van der Waals surface area contributed by atoms with E-state index in [1.807, 2.05) is 24.7 Å². The molecule has 1 heterocycles. The van der Waals surface area contributed by atoms with E-state index in [-0.39, 0.29) is 0 Å². The van der Waals surface area contributed by atoms with E-state index in [1.54, 1.807) is 11.3 Å². The van der Waals surface area contributed by atoms with Gasteiger partial charge in [-0.2, -0.15) is 0 Å². The lowest BCUT2D eigenvalue weighted by Gasteiger charge is -1.98. The average molecular weight is 164 g/mol. The van der Waals surface area contributed by atoms with Crippen LogP contribution in [-0.4, -0.2) is 12.0 Å². The van der Waals surface area contributed by atoms with E-state index in [1.165, 1.54) is 4.70 Å². The Kier molecular flexibility index (Phi) is 1.51. The highest BCUT2D eigenvalue weighted by Gasteiger charge is 1.99. The highest BCUT2D eigenvalue weighted by Crippen LogP contribution is 2.24. The van der Waals surface area contributed by atoms with Crippen LogP contribution in [-0.2, 0) is 0 Å². The molecule has 0 atom stereocenters. The van der Waals surface area contributed by atoms with Crippen molar-refractivity contribution in [1.82, 2.24) is 4.98 Å². The molecule has 0 spiro atoms. The molecule has 0 fully saturated rings. The molecule has 2 nitrogen and oxygen atoms in total. The first kappa shape index (κ1) is 6.61. The van der Waals surface area contributed by atoms with Crippen LogP contribution >= 0.6 is 11.3 Å². The molecule has 11 heavy (non-hydrogen) atoms. The SMILES string of the molecule is CNc1cccc2scnc12. The molecule has 1 aromatic heterocycles. The monoisotopic (exact) mass is 164 g/mol. The average Bonchev–Trinajstić information content (AvgIpc) is 2.50. The normalized spacial score (nSPS) is 10.3. The van der Waals surface area contributed by atoms with E-state index in [2.05, 4.69) is 16.4 Å².